The summed E-state index contributed by atoms with van der Waals surface area (Å²) in [6.45, 7) is 2.78. The molecule has 2 aromatic heterocycles. The second-order valence-corrected chi connectivity index (χ2v) is 2.36. The highest BCUT2D eigenvalue weighted by Crippen LogP contribution is 2.23. The maximum absolute atomic E-state index is 5.30. The lowest BCUT2D eigenvalue weighted by molar-refractivity contribution is 0.617. The average molecular weight is 167 g/mol. The van der Waals surface area contributed by atoms with E-state index >= 15 is 0 Å². The van der Waals surface area contributed by atoms with E-state index < -0.39 is 0 Å². The summed E-state index contributed by atoms with van der Waals surface area (Å²) in [5, 5.41) is 3.00. The van der Waals surface area contributed by atoms with Crippen LogP contribution in [0.25, 0.3) is 11.3 Å². The lowest BCUT2D eigenvalue weighted by Gasteiger charge is -1.92. The van der Waals surface area contributed by atoms with Crippen molar-refractivity contribution in [2.75, 3.05) is 17.6 Å². The number of furan rings is 1. The van der Waals surface area contributed by atoms with Crippen molar-refractivity contribution in [3.05, 3.63) is 6.07 Å². The van der Waals surface area contributed by atoms with Crippen LogP contribution >= 0.6 is 0 Å². The van der Waals surface area contributed by atoms with E-state index in [1.165, 1.54) is 0 Å². The quantitative estimate of drug-likeness (QED) is 0.707. The number of oxazole rings is 1. The van der Waals surface area contributed by atoms with Gasteiger partial charge in [0.2, 0.25) is 0 Å². The van der Waals surface area contributed by atoms with Crippen molar-refractivity contribution in [3.63, 3.8) is 0 Å². The molecule has 12 heavy (non-hydrogen) atoms. The fourth-order valence-electron chi connectivity index (χ4n) is 1.01. The molecule has 0 aliphatic carbocycles. The van der Waals surface area contributed by atoms with Crippen molar-refractivity contribution in [2.45, 2.75) is 6.92 Å². The Morgan fingerprint density at radius 3 is 3.08 bits per heavy atom. The second kappa shape index (κ2) is 2.44. The minimum absolute atomic E-state index is 0.131. The number of hydrogen-bond donors (Lipinski definition) is 2. The Morgan fingerprint density at radius 2 is 2.42 bits per heavy atom. The molecule has 0 saturated heterocycles. The van der Waals surface area contributed by atoms with Gasteiger partial charge in [0.15, 0.2) is 11.5 Å². The van der Waals surface area contributed by atoms with Crippen LogP contribution < -0.4 is 11.1 Å². The molecule has 0 radical (unpaired) electrons. The van der Waals surface area contributed by atoms with Crippen LogP contribution in [0, 0.1) is 0 Å². The average Bonchev–Trinajstić information content (AvgIpc) is 2.44. The van der Waals surface area contributed by atoms with Crippen molar-refractivity contribution in [1.29, 1.82) is 0 Å². The first-order valence-electron chi connectivity index (χ1n) is 3.69. The van der Waals surface area contributed by atoms with Gasteiger partial charge in [0.05, 0.1) is 0 Å². The van der Waals surface area contributed by atoms with Crippen LogP contribution in [0.5, 0.6) is 0 Å². The third-order valence-corrected chi connectivity index (χ3v) is 1.46. The van der Waals surface area contributed by atoms with Gasteiger partial charge < -0.3 is 19.9 Å². The number of nitrogens with one attached hydrogen (secondary N) is 1. The molecule has 3 N–H and O–H groups in total. The van der Waals surface area contributed by atoms with Gasteiger partial charge in [-0.1, -0.05) is 0 Å². The third kappa shape index (κ3) is 0.990. The van der Waals surface area contributed by atoms with Gasteiger partial charge >= 0.3 is 0 Å². The van der Waals surface area contributed by atoms with E-state index in [0.717, 1.165) is 6.54 Å². The summed E-state index contributed by atoms with van der Waals surface area (Å²) in [7, 11) is 0. The van der Waals surface area contributed by atoms with Crippen molar-refractivity contribution >= 4 is 23.2 Å². The molecule has 0 atom stereocenters. The molecule has 0 fully saturated rings. The maximum atomic E-state index is 5.30. The predicted octanol–water partition coefficient (Wildman–Crippen LogP) is 1.43. The van der Waals surface area contributed by atoms with Gasteiger partial charge in [-0.3, -0.25) is 0 Å². The van der Waals surface area contributed by atoms with Gasteiger partial charge in [-0.15, -0.1) is 0 Å². The minimum atomic E-state index is 0.131. The van der Waals surface area contributed by atoms with Crippen molar-refractivity contribution in [3.8, 4) is 0 Å². The standard InChI is InChI=1S/C7H9N3O2/c1-2-9-5-3-4-6(12-5)10-7(8)11-4/h3,9H,2H2,1H3,(H2,8,10). The summed E-state index contributed by atoms with van der Waals surface area (Å²) in [5.41, 5.74) is 6.31. The van der Waals surface area contributed by atoms with Crippen LogP contribution in [0.2, 0.25) is 0 Å². The topological polar surface area (TPSA) is 77.2 Å². The molecule has 0 amide bonds. The molecule has 2 heterocycles. The van der Waals surface area contributed by atoms with Crippen LogP contribution in [-0.4, -0.2) is 11.5 Å². The van der Waals surface area contributed by atoms with Gasteiger partial charge in [-0.05, 0) is 6.92 Å². The molecular weight excluding hydrogens is 158 g/mol. The highest BCUT2D eigenvalue weighted by molar-refractivity contribution is 5.72. The Labute approximate surface area is 68.5 Å². The number of anilines is 2. The first kappa shape index (κ1) is 7.02. The van der Waals surface area contributed by atoms with Crippen molar-refractivity contribution < 1.29 is 8.83 Å². The Bertz CT molecular complexity index is 359. The molecule has 5 nitrogen and oxygen atoms in total. The third-order valence-electron chi connectivity index (χ3n) is 1.46. The Balaban J connectivity index is 2.43. The smallest absolute Gasteiger partial charge is 0.295 e. The van der Waals surface area contributed by atoms with E-state index in [1.54, 1.807) is 6.07 Å². The highest BCUT2D eigenvalue weighted by atomic mass is 16.4. The van der Waals surface area contributed by atoms with E-state index in [2.05, 4.69) is 10.3 Å². The summed E-state index contributed by atoms with van der Waals surface area (Å²) < 4.78 is 10.3. The number of hydrogen-bond acceptors (Lipinski definition) is 5. The zero-order valence-electron chi connectivity index (χ0n) is 6.63. The number of fused-ring (bicyclic) bond motifs is 1. The van der Waals surface area contributed by atoms with Gasteiger partial charge in [-0.25, -0.2) is 0 Å². The fourth-order valence-corrected chi connectivity index (χ4v) is 1.01. The lowest BCUT2D eigenvalue weighted by atomic mass is 10.5. The van der Waals surface area contributed by atoms with Crippen molar-refractivity contribution in [2.24, 2.45) is 0 Å². The fraction of sp³-hybridized carbons (Fsp3) is 0.286. The van der Waals surface area contributed by atoms with E-state index in [1.807, 2.05) is 6.92 Å². The zero-order valence-corrected chi connectivity index (χ0v) is 6.63. The van der Waals surface area contributed by atoms with E-state index in [0.29, 0.717) is 17.2 Å². The number of nitrogens with zero attached hydrogens (tertiary/aromatic N) is 1. The number of nitrogen functional groups attached to an aromatic ring is 1. The molecule has 64 valence electrons. The molecule has 2 aromatic rings. The van der Waals surface area contributed by atoms with Crippen LogP contribution in [0.3, 0.4) is 0 Å². The van der Waals surface area contributed by atoms with Gasteiger partial charge in [0, 0.05) is 12.6 Å². The summed E-state index contributed by atoms with van der Waals surface area (Å²) in [6.07, 6.45) is 0. The molecule has 0 bridgehead atoms. The van der Waals surface area contributed by atoms with Gasteiger partial charge in [0.1, 0.15) is 0 Å². The molecule has 0 saturated carbocycles. The summed E-state index contributed by atoms with van der Waals surface area (Å²) in [4.78, 5) is 3.82. The van der Waals surface area contributed by atoms with E-state index in [-0.39, 0.29) is 6.01 Å². The van der Waals surface area contributed by atoms with Crippen LogP contribution in [0.4, 0.5) is 11.9 Å². The Hall–Kier alpha value is -1.65. The molecule has 0 spiro atoms. The van der Waals surface area contributed by atoms with Gasteiger partial charge in [-0.2, -0.15) is 4.98 Å². The summed E-state index contributed by atoms with van der Waals surface area (Å²) in [5.74, 6) is 0.652. The monoisotopic (exact) mass is 167 g/mol. The summed E-state index contributed by atoms with van der Waals surface area (Å²) >= 11 is 0. The molecule has 0 aliphatic rings. The molecule has 0 aliphatic heterocycles. The molecule has 2 rings (SSSR count). The Morgan fingerprint density at radius 1 is 1.58 bits per heavy atom. The molecular formula is C7H9N3O2. The van der Waals surface area contributed by atoms with Crippen LogP contribution in [0.1, 0.15) is 6.92 Å². The largest absolute Gasteiger partial charge is 0.420 e. The van der Waals surface area contributed by atoms with E-state index in [4.69, 9.17) is 14.6 Å². The first-order valence-corrected chi connectivity index (χ1v) is 3.69. The Kier molecular flexibility index (Phi) is 1.43. The molecule has 0 unspecified atom stereocenters. The lowest BCUT2D eigenvalue weighted by Crippen LogP contribution is -1.93. The zero-order chi connectivity index (χ0) is 8.55. The van der Waals surface area contributed by atoms with E-state index in [9.17, 15) is 0 Å². The normalized spacial score (nSPS) is 10.8. The minimum Gasteiger partial charge on any atom is -0.420 e. The van der Waals surface area contributed by atoms with Gasteiger partial charge in [0.25, 0.3) is 11.7 Å². The number of nitrogens with two attached hydrogens (primary N) is 1. The molecule has 5 heteroatoms. The number of aromatic nitrogens is 1. The summed E-state index contributed by atoms with van der Waals surface area (Å²) in [6, 6.07) is 1.86. The van der Waals surface area contributed by atoms with Crippen molar-refractivity contribution in [1.82, 2.24) is 4.98 Å². The first-order chi connectivity index (χ1) is 5.79. The maximum Gasteiger partial charge on any atom is 0.295 e. The molecule has 0 aromatic carbocycles. The second-order valence-electron chi connectivity index (χ2n) is 2.36. The predicted molar refractivity (Wildman–Crippen MR) is 44.9 cm³/mol. The highest BCUT2D eigenvalue weighted by Gasteiger charge is 2.08. The SMILES string of the molecule is CCNc1cc2oc(N)nc2o1. The van der Waals surface area contributed by atoms with Crippen LogP contribution in [-0.2, 0) is 0 Å². The van der Waals surface area contributed by atoms with Crippen LogP contribution in [0.15, 0.2) is 14.9 Å². The number of rotatable bonds is 2.